The molecule has 0 aliphatic carbocycles. The molecule has 1 atom stereocenters. The van der Waals surface area contributed by atoms with Crippen LogP contribution >= 0.6 is 0 Å². The molecule has 0 amide bonds. The molecule has 0 saturated heterocycles. The van der Waals surface area contributed by atoms with E-state index in [1.807, 2.05) is 60.7 Å². The normalized spacial score (nSPS) is 12.6. The van der Waals surface area contributed by atoms with Crippen molar-refractivity contribution < 1.29 is 9.13 Å². The molecule has 0 bridgehead atoms. The first kappa shape index (κ1) is 14.7. The lowest BCUT2D eigenvalue weighted by atomic mass is 9.98. The van der Waals surface area contributed by atoms with E-state index < -0.39 is 6.17 Å². The smallest absolute Gasteiger partial charge is 0.136 e. The number of alkyl halides is 1. The predicted molar refractivity (Wildman–Crippen MR) is 79.5 cm³/mol. The summed E-state index contributed by atoms with van der Waals surface area (Å²) in [7, 11) is 1.51. The van der Waals surface area contributed by atoms with Crippen molar-refractivity contribution in [2.45, 2.75) is 12.2 Å². The van der Waals surface area contributed by atoms with Crippen LogP contribution in [0.5, 0.6) is 0 Å². The molecule has 2 aromatic carbocycles. The molecule has 0 unspecified atom stereocenters. The largest absolute Gasteiger partial charge is 0.382 e. The van der Waals surface area contributed by atoms with Gasteiger partial charge in [0.25, 0.3) is 0 Å². The van der Waals surface area contributed by atoms with E-state index in [4.69, 9.17) is 4.74 Å². The second-order valence-corrected chi connectivity index (χ2v) is 4.72. The number of benzene rings is 2. The van der Waals surface area contributed by atoms with Crippen LogP contribution in [-0.4, -0.2) is 26.4 Å². The van der Waals surface area contributed by atoms with Crippen LogP contribution in [0.2, 0.25) is 0 Å². The third kappa shape index (κ3) is 4.15. The zero-order valence-corrected chi connectivity index (χ0v) is 11.6. The molecule has 0 aliphatic rings. The lowest BCUT2D eigenvalue weighted by molar-refractivity contribution is 0.122. The Morgan fingerprint density at radius 2 is 1.45 bits per heavy atom. The van der Waals surface area contributed by atoms with Crippen molar-refractivity contribution in [1.29, 1.82) is 0 Å². The summed E-state index contributed by atoms with van der Waals surface area (Å²) in [5.41, 5.74) is 2.26. The molecule has 2 nitrogen and oxygen atoms in total. The minimum absolute atomic E-state index is 0.00694. The van der Waals surface area contributed by atoms with Gasteiger partial charge in [-0.15, -0.1) is 0 Å². The zero-order chi connectivity index (χ0) is 14.2. The number of halogens is 1. The highest BCUT2D eigenvalue weighted by molar-refractivity contribution is 5.31. The van der Waals surface area contributed by atoms with Crippen molar-refractivity contribution in [3.8, 4) is 0 Å². The Morgan fingerprint density at radius 3 is 1.90 bits per heavy atom. The average Bonchev–Trinajstić information content (AvgIpc) is 2.50. The lowest BCUT2D eigenvalue weighted by Gasteiger charge is -2.21. The number of hydrogen-bond donors (Lipinski definition) is 1. The summed E-state index contributed by atoms with van der Waals surface area (Å²) in [4.78, 5) is 0. The van der Waals surface area contributed by atoms with Gasteiger partial charge in [0.1, 0.15) is 6.17 Å². The van der Waals surface area contributed by atoms with Crippen molar-refractivity contribution in [2.24, 2.45) is 0 Å². The van der Waals surface area contributed by atoms with E-state index in [9.17, 15) is 4.39 Å². The molecule has 106 valence electrons. The Hall–Kier alpha value is -1.71. The Morgan fingerprint density at radius 1 is 0.950 bits per heavy atom. The SMILES string of the molecule is COC[C@@H](F)CNC(c1ccccc1)c1ccccc1. The van der Waals surface area contributed by atoms with Crippen molar-refractivity contribution in [1.82, 2.24) is 5.32 Å². The van der Waals surface area contributed by atoms with Gasteiger partial charge < -0.3 is 10.1 Å². The molecule has 2 rings (SSSR count). The summed E-state index contributed by atoms with van der Waals surface area (Å²) in [5.74, 6) is 0. The maximum absolute atomic E-state index is 13.6. The Balaban J connectivity index is 2.13. The molecule has 20 heavy (non-hydrogen) atoms. The topological polar surface area (TPSA) is 21.3 Å². The molecule has 0 spiro atoms. The molecule has 1 N–H and O–H groups in total. The predicted octanol–water partition coefficient (Wildman–Crippen LogP) is 3.35. The summed E-state index contributed by atoms with van der Waals surface area (Å²) in [5, 5.41) is 3.28. The van der Waals surface area contributed by atoms with Crippen LogP contribution in [0.3, 0.4) is 0 Å². The fourth-order valence-electron chi connectivity index (χ4n) is 2.20. The van der Waals surface area contributed by atoms with E-state index >= 15 is 0 Å². The van der Waals surface area contributed by atoms with Crippen molar-refractivity contribution in [3.05, 3.63) is 71.8 Å². The van der Waals surface area contributed by atoms with Crippen LogP contribution in [0.15, 0.2) is 60.7 Å². The summed E-state index contributed by atoms with van der Waals surface area (Å²) < 4.78 is 18.4. The quantitative estimate of drug-likeness (QED) is 0.835. The second kappa shape index (κ2) is 7.78. The molecular formula is C17H20FNO. The van der Waals surface area contributed by atoms with E-state index in [0.717, 1.165) is 11.1 Å². The molecule has 0 aromatic heterocycles. The second-order valence-electron chi connectivity index (χ2n) is 4.72. The maximum atomic E-state index is 13.6. The number of ether oxygens (including phenoxy) is 1. The van der Waals surface area contributed by atoms with E-state index in [1.54, 1.807) is 0 Å². The van der Waals surface area contributed by atoms with Gasteiger partial charge in [0, 0.05) is 13.7 Å². The van der Waals surface area contributed by atoms with Crippen LogP contribution in [0.25, 0.3) is 0 Å². The molecule has 0 heterocycles. The van der Waals surface area contributed by atoms with Crippen LogP contribution in [0, 0.1) is 0 Å². The number of hydrogen-bond acceptors (Lipinski definition) is 2. The van der Waals surface area contributed by atoms with Gasteiger partial charge in [-0.3, -0.25) is 0 Å². The van der Waals surface area contributed by atoms with Gasteiger partial charge in [-0.05, 0) is 11.1 Å². The van der Waals surface area contributed by atoms with Crippen LogP contribution in [0.1, 0.15) is 17.2 Å². The molecule has 3 heteroatoms. The van der Waals surface area contributed by atoms with Crippen molar-refractivity contribution >= 4 is 0 Å². The molecule has 0 saturated carbocycles. The number of nitrogens with one attached hydrogen (secondary N) is 1. The summed E-state index contributed by atoms with van der Waals surface area (Å²) in [6.45, 7) is 0.381. The maximum Gasteiger partial charge on any atom is 0.136 e. The molecule has 2 aromatic rings. The monoisotopic (exact) mass is 273 g/mol. The lowest BCUT2D eigenvalue weighted by Crippen LogP contribution is -2.31. The Labute approximate surface area is 119 Å². The third-order valence-corrected chi connectivity index (χ3v) is 3.16. The van der Waals surface area contributed by atoms with Gasteiger partial charge in [-0.25, -0.2) is 4.39 Å². The molecule has 0 aliphatic heterocycles. The third-order valence-electron chi connectivity index (χ3n) is 3.16. The number of methoxy groups -OCH3 is 1. The highest BCUT2D eigenvalue weighted by Crippen LogP contribution is 2.21. The summed E-state index contributed by atoms with van der Waals surface area (Å²) in [6, 6.07) is 20.1. The van der Waals surface area contributed by atoms with E-state index in [1.165, 1.54) is 7.11 Å². The minimum Gasteiger partial charge on any atom is -0.382 e. The van der Waals surface area contributed by atoms with Crippen LogP contribution in [-0.2, 0) is 4.74 Å². The Kier molecular flexibility index (Phi) is 5.71. The van der Waals surface area contributed by atoms with Gasteiger partial charge in [0.2, 0.25) is 0 Å². The highest BCUT2D eigenvalue weighted by Gasteiger charge is 2.15. The first-order valence-corrected chi connectivity index (χ1v) is 6.77. The minimum atomic E-state index is -1.00. The first-order valence-electron chi connectivity index (χ1n) is 6.77. The zero-order valence-electron chi connectivity index (χ0n) is 11.6. The fourth-order valence-corrected chi connectivity index (χ4v) is 2.20. The molecule has 0 radical (unpaired) electrons. The fraction of sp³-hybridized carbons (Fsp3) is 0.294. The standard InChI is InChI=1S/C17H20FNO/c1-20-13-16(18)12-19-17(14-8-4-2-5-9-14)15-10-6-3-7-11-15/h2-11,16-17,19H,12-13H2,1H3/t16-/m0/s1. The van der Waals surface area contributed by atoms with Gasteiger partial charge in [0.15, 0.2) is 0 Å². The molecule has 0 fully saturated rings. The van der Waals surface area contributed by atoms with Gasteiger partial charge in [-0.1, -0.05) is 60.7 Å². The summed E-state index contributed by atoms with van der Waals surface area (Å²) >= 11 is 0. The van der Waals surface area contributed by atoms with Gasteiger partial charge in [-0.2, -0.15) is 0 Å². The van der Waals surface area contributed by atoms with Gasteiger partial charge >= 0.3 is 0 Å². The average molecular weight is 273 g/mol. The Bertz CT molecular complexity index is 449. The van der Waals surface area contributed by atoms with E-state index in [2.05, 4.69) is 5.32 Å². The van der Waals surface area contributed by atoms with Crippen molar-refractivity contribution in [2.75, 3.05) is 20.3 Å². The van der Waals surface area contributed by atoms with Crippen LogP contribution < -0.4 is 5.32 Å². The van der Waals surface area contributed by atoms with E-state index in [-0.39, 0.29) is 19.2 Å². The van der Waals surface area contributed by atoms with Gasteiger partial charge in [0.05, 0.1) is 12.6 Å². The van der Waals surface area contributed by atoms with Crippen LogP contribution in [0.4, 0.5) is 4.39 Å². The summed E-state index contributed by atoms with van der Waals surface area (Å²) in [6.07, 6.45) is -1.00. The van der Waals surface area contributed by atoms with E-state index in [0.29, 0.717) is 0 Å². The highest BCUT2D eigenvalue weighted by atomic mass is 19.1. The molecular weight excluding hydrogens is 253 g/mol. The number of rotatable bonds is 7. The van der Waals surface area contributed by atoms with Crippen molar-refractivity contribution in [3.63, 3.8) is 0 Å². The first-order chi connectivity index (χ1) is 9.81.